The van der Waals surface area contributed by atoms with Gasteiger partial charge in [-0.05, 0) is 0 Å². The maximum absolute atomic E-state index is 13.2. The number of anilines is 1. The Labute approximate surface area is 198 Å². The molecular formula is C23H17FN4O4W. The molecule has 3 aromatic rings. The number of pyridine rings is 2. The summed E-state index contributed by atoms with van der Waals surface area (Å²) in [7, 11) is 0. The van der Waals surface area contributed by atoms with Gasteiger partial charge in [-0.25, -0.2) is 4.39 Å². The van der Waals surface area contributed by atoms with E-state index in [1.54, 1.807) is 18.2 Å². The van der Waals surface area contributed by atoms with Crippen LogP contribution in [0, 0.1) is 5.82 Å². The van der Waals surface area contributed by atoms with Gasteiger partial charge in [0.1, 0.15) is 5.82 Å². The van der Waals surface area contributed by atoms with Crippen molar-refractivity contribution in [3.8, 4) is 11.4 Å². The molecule has 0 saturated heterocycles. The first-order valence-electron chi connectivity index (χ1n) is 9.38. The first-order valence-corrected chi connectivity index (χ1v) is 10.8. The van der Waals surface area contributed by atoms with Crippen molar-refractivity contribution in [3.63, 3.8) is 0 Å². The van der Waals surface area contributed by atoms with Crippen LogP contribution in [0.1, 0.15) is 10.5 Å². The summed E-state index contributed by atoms with van der Waals surface area (Å²) < 4.78 is 20.5. The first-order chi connectivity index (χ1) is 15.7. The number of rotatable bonds is 8. The Balaban J connectivity index is 1.66. The second-order valence-electron chi connectivity index (χ2n) is 6.55. The van der Waals surface area contributed by atoms with Gasteiger partial charge in [0.2, 0.25) is 0 Å². The number of benzene rings is 1. The Morgan fingerprint density at radius 2 is 1.91 bits per heavy atom. The summed E-state index contributed by atoms with van der Waals surface area (Å²) in [5, 5.41) is 2.52. The molecule has 2 heterocycles. The van der Waals surface area contributed by atoms with Crippen LogP contribution < -0.4 is 21.3 Å². The third-order valence-corrected chi connectivity index (χ3v) is 5.00. The molecular weight excluding hydrogens is 599 g/mol. The predicted molar refractivity (Wildman–Crippen MR) is 117 cm³/mol. The number of amides is 2. The minimum absolute atomic E-state index is 0.0414. The average molecular weight is 616 g/mol. The number of hydrogen-bond donors (Lipinski definition) is 2. The van der Waals surface area contributed by atoms with E-state index < -0.39 is 23.2 Å². The number of carbonyl (C=O) groups excluding carboxylic acids is 2. The van der Waals surface area contributed by atoms with Crippen LogP contribution in [0.2, 0.25) is 0 Å². The summed E-state index contributed by atoms with van der Waals surface area (Å²) >= 11 is 0.956. The van der Waals surface area contributed by atoms with E-state index in [4.69, 9.17) is 10.5 Å². The molecule has 2 amide bonds. The zero-order valence-corrected chi connectivity index (χ0v) is 20.0. The molecule has 3 N–H and O–H groups in total. The fourth-order valence-electron chi connectivity index (χ4n) is 2.60. The number of nitrogens with two attached hydrogens (primary N) is 1. The van der Waals surface area contributed by atoms with Crippen LogP contribution in [0.3, 0.4) is 0 Å². The maximum atomic E-state index is 13.2. The molecule has 2 aromatic heterocycles. The van der Waals surface area contributed by atoms with Gasteiger partial charge in [-0.3, -0.25) is 0 Å². The number of halogens is 1. The van der Waals surface area contributed by atoms with Gasteiger partial charge in [-0.2, -0.15) is 0 Å². The summed E-state index contributed by atoms with van der Waals surface area (Å²) in [4.78, 5) is 40.2. The zero-order valence-electron chi connectivity index (χ0n) is 17.0. The quantitative estimate of drug-likeness (QED) is 0.298. The van der Waals surface area contributed by atoms with Gasteiger partial charge < -0.3 is 0 Å². The Kier molecular flexibility index (Phi) is 7.58. The number of carbonyl (C=O) groups is 2. The monoisotopic (exact) mass is 616 g/mol. The second kappa shape index (κ2) is 10.6. The fourth-order valence-corrected chi connectivity index (χ4v) is 3.19. The van der Waals surface area contributed by atoms with Crippen molar-refractivity contribution < 1.29 is 38.1 Å². The molecule has 0 aliphatic rings. The number of aromatic nitrogens is 2. The Morgan fingerprint density at radius 1 is 1.18 bits per heavy atom. The van der Waals surface area contributed by atoms with Crippen LogP contribution in [0.5, 0.6) is 5.75 Å². The van der Waals surface area contributed by atoms with E-state index in [1.807, 2.05) is 0 Å². The van der Waals surface area contributed by atoms with Gasteiger partial charge in [0.25, 0.3) is 0 Å². The van der Waals surface area contributed by atoms with Crippen molar-refractivity contribution in [1.29, 1.82) is 0 Å². The Hall–Kier alpha value is -3.97. The molecule has 8 nitrogen and oxygen atoms in total. The van der Waals surface area contributed by atoms with Crippen molar-refractivity contribution >= 4 is 21.6 Å². The molecule has 3 rings (SSSR count). The van der Waals surface area contributed by atoms with Gasteiger partial charge in [0, 0.05) is 0 Å². The summed E-state index contributed by atoms with van der Waals surface area (Å²) in [5.74, 6) is -1.31. The molecule has 0 atom stereocenters. The van der Waals surface area contributed by atoms with Crippen LogP contribution in [0.15, 0.2) is 90.0 Å². The van der Waals surface area contributed by atoms with Crippen LogP contribution in [-0.4, -0.2) is 25.4 Å². The van der Waals surface area contributed by atoms with Crippen molar-refractivity contribution in [2.45, 2.75) is 0 Å². The summed E-state index contributed by atoms with van der Waals surface area (Å²) in [6.07, 6.45) is 5.90. The SMILES string of the molecule is C=C(C=C[C](=[W])Oc1ccnc(C(N)=O)c1)C(=O)Nc1cccn(-c2ccc(F)cc2)c1=O. The van der Waals surface area contributed by atoms with Gasteiger partial charge in [-0.15, -0.1) is 0 Å². The second-order valence-corrected chi connectivity index (χ2v) is 7.99. The first kappa shape index (κ1) is 23.7. The van der Waals surface area contributed by atoms with Gasteiger partial charge in [-0.1, -0.05) is 0 Å². The number of ether oxygens (including phenoxy) is 1. The van der Waals surface area contributed by atoms with Crippen molar-refractivity contribution in [2.75, 3.05) is 5.32 Å². The van der Waals surface area contributed by atoms with E-state index in [0.29, 0.717) is 15.5 Å². The normalized spacial score (nSPS) is 10.6. The molecule has 0 aliphatic carbocycles. The fraction of sp³-hybridized carbons (Fsp3) is 0. The molecule has 33 heavy (non-hydrogen) atoms. The van der Waals surface area contributed by atoms with E-state index in [2.05, 4.69) is 16.9 Å². The van der Waals surface area contributed by atoms with Crippen molar-refractivity contribution in [1.82, 2.24) is 9.55 Å². The van der Waals surface area contributed by atoms with E-state index in [1.165, 1.54) is 59.4 Å². The standard InChI is InChI=1S/C23H17FN4O4.W/c1-15(4-3-13-32-18-10-11-26-20(14-18)21(25)29)22(30)27-19-5-2-12-28(23(19)31)17-8-6-16(24)7-9-17;/h2-12,14H,1H2,(H2,25,29)(H,27,30);. The van der Waals surface area contributed by atoms with Crippen LogP contribution >= 0.6 is 0 Å². The number of nitrogens with one attached hydrogen (secondary N) is 1. The van der Waals surface area contributed by atoms with Gasteiger partial charge in [0.05, 0.1) is 0 Å². The average Bonchev–Trinajstić information content (AvgIpc) is 2.79. The summed E-state index contributed by atoms with van der Waals surface area (Å²) in [6.45, 7) is 3.71. The topological polar surface area (TPSA) is 116 Å². The van der Waals surface area contributed by atoms with Crippen molar-refractivity contribution in [2.24, 2.45) is 5.73 Å². The molecule has 0 unspecified atom stereocenters. The third kappa shape index (κ3) is 6.27. The molecule has 0 bridgehead atoms. The van der Waals surface area contributed by atoms with Crippen LogP contribution in [0.4, 0.5) is 10.1 Å². The van der Waals surface area contributed by atoms with E-state index in [-0.39, 0.29) is 17.0 Å². The summed E-state index contributed by atoms with van der Waals surface area (Å²) in [6, 6.07) is 11.4. The van der Waals surface area contributed by atoms with Crippen LogP contribution in [-0.2, 0) is 24.1 Å². The molecule has 10 heteroatoms. The molecule has 0 radical (unpaired) electrons. The number of nitrogens with zero attached hydrogens (tertiary/aromatic N) is 2. The minimum atomic E-state index is -0.676. The van der Waals surface area contributed by atoms with E-state index in [0.717, 1.165) is 19.4 Å². The van der Waals surface area contributed by atoms with Gasteiger partial charge in [0.15, 0.2) is 0 Å². The molecule has 1 aromatic carbocycles. The molecule has 0 fully saturated rings. The number of primary amides is 1. The summed E-state index contributed by atoms with van der Waals surface area (Å²) in [5.41, 5.74) is 5.37. The third-order valence-electron chi connectivity index (χ3n) is 4.21. The van der Waals surface area contributed by atoms with Gasteiger partial charge >= 0.3 is 189 Å². The van der Waals surface area contributed by atoms with Crippen molar-refractivity contribution in [3.05, 3.63) is 107 Å². The number of hydrogen-bond acceptors (Lipinski definition) is 5. The molecule has 166 valence electrons. The molecule has 0 saturated carbocycles. The van der Waals surface area contributed by atoms with E-state index in [9.17, 15) is 18.8 Å². The Bertz CT molecular complexity index is 1330. The molecule has 0 spiro atoms. The predicted octanol–water partition coefficient (Wildman–Crippen LogP) is 2.28. The van der Waals surface area contributed by atoms with Crippen LogP contribution in [0.25, 0.3) is 5.69 Å². The molecule has 0 aliphatic heterocycles. The Morgan fingerprint density at radius 3 is 2.61 bits per heavy atom. The van der Waals surface area contributed by atoms with E-state index >= 15 is 0 Å². The zero-order chi connectivity index (χ0) is 24.0.